The number of hydrogen-bond donors (Lipinski definition) is 2. The third kappa shape index (κ3) is 4.06. The van der Waals surface area contributed by atoms with Crippen molar-refractivity contribution in [2.45, 2.75) is 19.3 Å². The Labute approximate surface area is 120 Å². The first-order chi connectivity index (χ1) is 10.1. The lowest BCUT2D eigenvalue weighted by molar-refractivity contribution is -0.119. The summed E-state index contributed by atoms with van der Waals surface area (Å²) >= 11 is 0. The fourth-order valence-electron chi connectivity index (χ4n) is 1.99. The van der Waals surface area contributed by atoms with Gasteiger partial charge in [-0.3, -0.25) is 14.7 Å². The predicted octanol–water partition coefficient (Wildman–Crippen LogP) is 1.47. The van der Waals surface area contributed by atoms with E-state index in [0.29, 0.717) is 11.1 Å². The van der Waals surface area contributed by atoms with Crippen LogP contribution in [-0.2, 0) is 17.6 Å². The topological polar surface area (TPSA) is 83.0 Å². The molecule has 2 rings (SSSR count). The molecule has 1 heterocycles. The molecule has 1 aromatic heterocycles. The molecule has 0 atom stereocenters. The van der Waals surface area contributed by atoms with Gasteiger partial charge < -0.3 is 5.11 Å². The fraction of sp³-hybridized carbons (Fsp3) is 0.267. The first kappa shape index (κ1) is 15.1. The first-order valence-electron chi connectivity index (χ1n) is 6.52. The Hall–Kier alpha value is -2.34. The highest BCUT2D eigenvalue weighted by atomic mass is 19.1. The normalized spacial score (nSPS) is 10.6. The number of carbonyl (C=O) groups excluding carboxylic acids is 2. The van der Waals surface area contributed by atoms with Crippen molar-refractivity contribution in [1.29, 1.82) is 0 Å². The number of aromatic amines is 1. The number of H-pyrrole nitrogens is 1. The third-order valence-corrected chi connectivity index (χ3v) is 3.05. The Bertz CT molecular complexity index is 635. The number of benzene rings is 1. The Morgan fingerprint density at radius 2 is 1.90 bits per heavy atom. The summed E-state index contributed by atoms with van der Waals surface area (Å²) in [5.74, 6) is -0.733. The SMILES string of the molecule is O=C(CCO)Cc1cn[nH]c1C(=O)Cc1ccc(F)cc1. The van der Waals surface area contributed by atoms with Gasteiger partial charge in [0, 0.05) is 31.4 Å². The van der Waals surface area contributed by atoms with Crippen LogP contribution in [0.2, 0.25) is 0 Å². The van der Waals surface area contributed by atoms with Crippen molar-refractivity contribution in [2.24, 2.45) is 0 Å². The predicted molar refractivity (Wildman–Crippen MR) is 73.4 cm³/mol. The maximum atomic E-state index is 12.8. The summed E-state index contributed by atoms with van der Waals surface area (Å²) in [4.78, 5) is 23.7. The molecular weight excluding hydrogens is 275 g/mol. The van der Waals surface area contributed by atoms with E-state index in [9.17, 15) is 14.0 Å². The standard InChI is InChI=1S/C15H15FN2O3/c16-12-3-1-10(2-4-12)7-14(21)15-11(9-17-18-15)8-13(20)5-6-19/h1-4,9,19H,5-8H2,(H,17,18). The Kier molecular flexibility index (Phi) is 4.94. The van der Waals surface area contributed by atoms with Crippen molar-refractivity contribution in [3.63, 3.8) is 0 Å². The number of carbonyl (C=O) groups is 2. The molecule has 0 saturated heterocycles. The van der Waals surface area contributed by atoms with Crippen LogP contribution >= 0.6 is 0 Å². The maximum Gasteiger partial charge on any atom is 0.185 e. The summed E-state index contributed by atoms with van der Waals surface area (Å²) in [6.07, 6.45) is 1.65. The number of nitrogens with one attached hydrogen (secondary N) is 1. The number of Topliss-reactive ketones (excluding diaryl/α,β-unsaturated/α-hetero) is 2. The van der Waals surface area contributed by atoms with Gasteiger partial charge in [-0.25, -0.2) is 4.39 Å². The van der Waals surface area contributed by atoms with Gasteiger partial charge in [-0.2, -0.15) is 5.10 Å². The lowest BCUT2D eigenvalue weighted by Crippen LogP contribution is -2.11. The summed E-state index contributed by atoms with van der Waals surface area (Å²) in [6, 6.07) is 5.67. The van der Waals surface area contributed by atoms with E-state index in [4.69, 9.17) is 5.11 Å². The number of aliphatic hydroxyl groups excluding tert-OH is 1. The molecule has 2 N–H and O–H groups in total. The van der Waals surface area contributed by atoms with Gasteiger partial charge in [0.05, 0.1) is 6.20 Å². The van der Waals surface area contributed by atoms with Crippen LogP contribution in [0.1, 0.15) is 28.0 Å². The van der Waals surface area contributed by atoms with Crippen molar-refractivity contribution in [3.05, 3.63) is 53.1 Å². The Morgan fingerprint density at radius 1 is 1.19 bits per heavy atom. The third-order valence-electron chi connectivity index (χ3n) is 3.05. The largest absolute Gasteiger partial charge is 0.396 e. The number of rotatable bonds is 7. The molecule has 0 amide bonds. The lowest BCUT2D eigenvalue weighted by Gasteiger charge is -2.03. The molecule has 0 aliphatic carbocycles. The Morgan fingerprint density at radius 3 is 2.57 bits per heavy atom. The van der Waals surface area contributed by atoms with E-state index in [1.807, 2.05) is 0 Å². The Balaban J connectivity index is 2.07. The minimum absolute atomic E-state index is 0.0524. The van der Waals surface area contributed by atoms with Gasteiger partial charge in [0.2, 0.25) is 0 Å². The molecule has 21 heavy (non-hydrogen) atoms. The maximum absolute atomic E-state index is 12.8. The van der Waals surface area contributed by atoms with Gasteiger partial charge in [-0.15, -0.1) is 0 Å². The molecule has 1 aromatic carbocycles. The molecular formula is C15H15FN2O3. The zero-order chi connectivity index (χ0) is 15.2. The molecule has 0 bridgehead atoms. The molecule has 0 fully saturated rings. The van der Waals surface area contributed by atoms with Crippen LogP contribution < -0.4 is 0 Å². The minimum Gasteiger partial charge on any atom is -0.396 e. The molecule has 0 aliphatic rings. The zero-order valence-electron chi connectivity index (χ0n) is 11.3. The van der Waals surface area contributed by atoms with Crippen LogP contribution in [0.25, 0.3) is 0 Å². The molecule has 0 radical (unpaired) electrons. The molecule has 2 aromatic rings. The minimum atomic E-state index is -0.358. The molecule has 0 aliphatic heterocycles. The quantitative estimate of drug-likeness (QED) is 0.756. The van der Waals surface area contributed by atoms with E-state index in [1.165, 1.54) is 18.3 Å². The highest BCUT2D eigenvalue weighted by Crippen LogP contribution is 2.12. The van der Waals surface area contributed by atoms with Crippen molar-refractivity contribution >= 4 is 11.6 Å². The number of ketones is 2. The monoisotopic (exact) mass is 290 g/mol. The molecule has 0 spiro atoms. The number of halogens is 1. The van der Waals surface area contributed by atoms with E-state index in [1.54, 1.807) is 12.1 Å². The molecule has 0 saturated carbocycles. The summed E-state index contributed by atoms with van der Waals surface area (Å²) in [5, 5.41) is 15.1. The molecule has 5 nitrogen and oxygen atoms in total. The van der Waals surface area contributed by atoms with E-state index in [-0.39, 0.29) is 48.9 Å². The van der Waals surface area contributed by atoms with E-state index in [0.717, 1.165) is 0 Å². The van der Waals surface area contributed by atoms with Gasteiger partial charge >= 0.3 is 0 Å². The molecule has 6 heteroatoms. The average molecular weight is 290 g/mol. The van der Waals surface area contributed by atoms with Crippen LogP contribution in [-0.4, -0.2) is 33.5 Å². The summed E-state index contributed by atoms with van der Waals surface area (Å²) in [7, 11) is 0. The van der Waals surface area contributed by atoms with Gasteiger partial charge in [0.25, 0.3) is 0 Å². The van der Waals surface area contributed by atoms with Gasteiger partial charge in [-0.1, -0.05) is 12.1 Å². The second-order valence-electron chi connectivity index (χ2n) is 4.69. The lowest BCUT2D eigenvalue weighted by atomic mass is 10.0. The fourth-order valence-corrected chi connectivity index (χ4v) is 1.99. The zero-order valence-corrected chi connectivity index (χ0v) is 11.3. The van der Waals surface area contributed by atoms with Crippen molar-refractivity contribution in [2.75, 3.05) is 6.61 Å². The summed E-state index contributed by atoms with van der Waals surface area (Å²) < 4.78 is 12.8. The van der Waals surface area contributed by atoms with Gasteiger partial charge in [0.1, 0.15) is 17.3 Å². The van der Waals surface area contributed by atoms with Crippen molar-refractivity contribution in [3.8, 4) is 0 Å². The second kappa shape index (κ2) is 6.90. The first-order valence-corrected chi connectivity index (χ1v) is 6.52. The van der Waals surface area contributed by atoms with E-state index in [2.05, 4.69) is 10.2 Å². The number of nitrogens with zero attached hydrogens (tertiary/aromatic N) is 1. The van der Waals surface area contributed by atoms with Crippen LogP contribution in [0, 0.1) is 5.82 Å². The van der Waals surface area contributed by atoms with Crippen molar-refractivity contribution < 1.29 is 19.1 Å². The number of hydrogen-bond acceptors (Lipinski definition) is 4. The highest BCUT2D eigenvalue weighted by Gasteiger charge is 2.16. The summed E-state index contributed by atoms with van der Waals surface area (Å²) in [6.45, 7) is -0.213. The second-order valence-corrected chi connectivity index (χ2v) is 4.69. The summed E-state index contributed by atoms with van der Waals surface area (Å²) in [5.41, 5.74) is 1.48. The van der Waals surface area contributed by atoms with Gasteiger partial charge in [0.15, 0.2) is 5.78 Å². The van der Waals surface area contributed by atoms with E-state index < -0.39 is 0 Å². The number of aliphatic hydroxyl groups is 1. The number of aromatic nitrogens is 2. The molecule has 110 valence electrons. The van der Waals surface area contributed by atoms with Crippen LogP contribution in [0.3, 0.4) is 0 Å². The van der Waals surface area contributed by atoms with E-state index >= 15 is 0 Å². The average Bonchev–Trinajstić information content (AvgIpc) is 2.89. The molecule has 0 unspecified atom stereocenters. The van der Waals surface area contributed by atoms with Crippen LogP contribution in [0.5, 0.6) is 0 Å². The van der Waals surface area contributed by atoms with Gasteiger partial charge in [-0.05, 0) is 17.7 Å². The smallest absolute Gasteiger partial charge is 0.185 e. The van der Waals surface area contributed by atoms with Crippen LogP contribution in [0.4, 0.5) is 4.39 Å². The highest BCUT2D eigenvalue weighted by molar-refractivity contribution is 5.98. The van der Waals surface area contributed by atoms with Crippen molar-refractivity contribution in [1.82, 2.24) is 10.2 Å². The van der Waals surface area contributed by atoms with Crippen LogP contribution in [0.15, 0.2) is 30.5 Å².